The second kappa shape index (κ2) is 13.5. The van der Waals surface area contributed by atoms with Gasteiger partial charge in [-0.15, -0.1) is 0 Å². The van der Waals surface area contributed by atoms with Gasteiger partial charge in [0.05, 0.1) is 0 Å². The van der Waals surface area contributed by atoms with Crippen LogP contribution in [0, 0.1) is 0 Å². The third-order valence-corrected chi connectivity index (χ3v) is 5.44. The molecule has 0 aromatic heterocycles. The Morgan fingerprint density at radius 3 is 1.41 bits per heavy atom. The highest BCUT2D eigenvalue weighted by molar-refractivity contribution is 7.93. The third-order valence-electron chi connectivity index (χ3n) is 4.66. The predicted molar refractivity (Wildman–Crippen MR) is 126 cm³/mol. The third kappa shape index (κ3) is 8.70. The summed E-state index contributed by atoms with van der Waals surface area (Å²) >= 11 is 1.67. The van der Waals surface area contributed by atoms with E-state index in [1.54, 1.807) is 0 Å². The number of rotatable bonds is 12. The van der Waals surface area contributed by atoms with Crippen molar-refractivity contribution in [2.24, 2.45) is 0 Å². The smallest absolute Gasteiger partial charge is 0.104 e. The molecule has 2 rings (SSSR count). The molecule has 0 radical (unpaired) electrons. The molecule has 0 spiro atoms. The van der Waals surface area contributed by atoms with Crippen molar-refractivity contribution >= 4 is 24.1 Å². The van der Waals surface area contributed by atoms with E-state index in [0.29, 0.717) is 24.3 Å². The largest absolute Gasteiger partial charge is 0.466 e. The first-order chi connectivity index (χ1) is 14.1. The average Bonchev–Trinajstić information content (AvgIpc) is 2.74. The molecule has 0 aliphatic heterocycles. The number of hydrogen-bond acceptors (Lipinski definition) is 5. The fraction of sp³-hybridized carbons (Fsp3) is 0.333. The van der Waals surface area contributed by atoms with E-state index in [1.807, 2.05) is 36.4 Å². The van der Waals surface area contributed by atoms with Gasteiger partial charge < -0.3 is 13.8 Å². The SMILES string of the molecule is CC(Cc1ccccc1)=C(CCSO)OC(CCSO)=C(C)Cc1ccccc1. The first kappa shape index (κ1) is 23.6. The highest BCUT2D eigenvalue weighted by atomic mass is 32.2. The molecule has 0 saturated heterocycles. The first-order valence-electron chi connectivity index (χ1n) is 9.79. The fourth-order valence-electron chi connectivity index (χ4n) is 3.13. The van der Waals surface area contributed by atoms with Gasteiger partial charge in [0, 0.05) is 24.3 Å². The van der Waals surface area contributed by atoms with Gasteiger partial charge in [-0.25, -0.2) is 0 Å². The zero-order valence-electron chi connectivity index (χ0n) is 17.1. The van der Waals surface area contributed by atoms with Crippen LogP contribution in [0.5, 0.6) is 0 Å². The van der Waals surface area contributed by atoms with Crippen LogP contribution in [0.15, 0.2) is 83.3 Å². The van der Waals surface area contributed by atoms with Crippen molar-refractivity contribution in [2.45, 2.75) is 39.5 Å². The molecule has 0 saturated carbocycles. The average molecular weight is 431 g/mol. The van der Waals surface area contributed by atoms with Gasteiger partial charge in [0.1, 0.15) is 11.5 Å². The molecule has 0 aliphatic carbocycles. The fourth-order valence-corrected chi connectivity index (χ4v) is 3.68. The van der Waals surface area contributed by atoms with Crippen LogP contribution >= 0.6 is 24.1 Å². The van der Waals surface area contributed by atoms with Gasteiger partial charge >= 0.3 is 0 Å². The number of benzene rings is 2. The van der Waals surface area contributed by atoms with Crippen LogP contribution in [0.1, 0.15) is 37.8 Å². The van der Waals surface area contributed by atoms with Gasteiger partial charge in [-0.3, -0.25) is 0 Å². The number of allylic oxidation sites excluding steroid dienone is 4. The summed E-state index contributed by atoms with van der Waals surface area (Å²) in [6, 6.07) is 20.7. The summed E-state index contributed by atoms with van der Waals surface area (Å²) in [5.41, 5.74) is 4.79. The second-order valence-corrected chi connectivity index (χ2v) is 8.33. The van der Waals surface area contributed by atoms with Crippen LogP contribution in [-0.4, -0.2) is 20.6 Å². The van der Waals surface area contributed by atoms with Gasteiger partial charge in [0.2, 0.25) is 0 Å². The Bertz CT molecular complexity index is 719. The van der Waals surface area contributed by atoms with Crippen molar-refractivity contribution in [1.82, 2.24) is 0 Å². The van der Waals surface area contributed by atoms with Crippen LogP contribution in [-0.2, 0) is 17.6 Å². The summed E-state index contributed by atoms with van der Waals surface area (Å²) in [7, 11) is 0. The Kier molecular flexibility index (Phi) is 11.0. The molecule has 2 N–H and O–H groups in total. The predicted octanol–water partition coefficient (Wildman–Crippen LogP) is 7.23. The van der Waals surface area contributed by atoms with Crippen molar-refractivity contribution < 1.29 is 13.8 Å². The molecule has 0 amide bonds. The zero-order valence-corrected chi connectivity index (χ0v) is 18.8. The Balaban J connectivity index is 2.26. The lowest BCUT2D eigenvalue weighted by molar-refractivity contribution is 0.273. The Labute approximate surface area is 183 Å². The highest BCUT2D eigenvalue weighted by Gasteiger charge is 2.12. The van der Waals surface area contributed by atoms with Crippen molar-refractivity contribution in [2.75, 3.05) is 11.5 Å². The van der Waals surface area contributed by atoms with Crippen LogP contribution in [0.25, 0.3) is 0 Å². The maximum absolute atomic E-state index is 9.26. The standard InChI is InChI=1S/C24H30O3S2/c1-19(17-21-9-5-3-6-10-21)23(13-15-28-25)27-24(14-16-29-26)20(2)18-22-11-7-4-8-12-22/h3-12,25-26H,13-18H2,1-2H3. The van der Waals surface area contributed by atoms with E-state index in [-0.39, 0.29) is 0 Å². The highest BCUT2D eigenvalue weighted by Crippen LogP contribution is 2.25. The molecule has 156 valence electrons. The van der Waals surface area contributed by atoms with E-state index in [9.17, 15) is 9.11 Å². The van der Waals surface area contributed by atoms with Crippen molar-refractivity contribution in [3.63, 3.8) is 0 Å². The molecule has 29 heavy (non-hydrogen) atoms. The van der Waals surface area contributed by atoms with E-state index in [1.165, 1.54) is 11.1 Å². The van der Waals surface area contributed by atoms with Crippen molar-refractivity contribution in [3.8, 4) is 0 Å². The molecule has 0 aliphatic rings. The molecule has 0 fully saturated rings. The van der Waals surface area contributed by atoms with E-state index in [4.69, 9.17) is 4.74 Å². The minimum atomic E-state index is 0.585. The summed E-state index contributed by atoms with van der Waals surface area (Å²) in [6.07, 6.45) is 2.94. The minimum absolute atomic E-state index is 0.585. The van der Waals surface area contributed by atoms with Gasteiger partial charge in [-0.1, -0.05) is 60.7 Å². The molecule has 0 unspecified atom stereocenters. The van der Waals surface area contributed by atoms with Gasteiger partial charge in [-0.2, -0.15) is 0 Å². The second-order valence-electron chi connectivity index (χ2n) is 7.00. The molecule has 5 heteroatoms. The molecule has 2 aromatic rings. The van der Waals surface area contributed by atoms with E-state index < -0.39 is 0 Å². The van der Waals surface area contributed by atoms with Crippen molar-refractivity contribution in [3.05, 3.63) is 94.5 Å². The zero-order chi connectivity index (χ0) is 20.9. The maximum atomic E-state index is 9.26. The lowest BCUT2D eigenvalue weighted by Crippen LogP contribution is -2.05. The Hall–Kier alpha value is -1.66. The molecular weight excluding hydrogens is 400 g/mol. The summed E-state index contributed by atoms with van der Waals surface area (Å²) in [5, 5.41) is 0. The summed E-state index contributed by atoms with van der Waals surface area (Å²) in [4.78, 5) is 0. The lowest BCUT2D eigenvalue weighted by Gasteiger charge is -2.19. The molecule has 0 atom stereocenters. The van der Waals surface area contributed by atoms with E-state index >= 15 is 0 Å². The monoisotopic (exact) mass is 430 g/mol. The first-order valence-corrected chi connectivity index (χ1v) is 11.7. The topological polar surface area (TPSA) is 49.7 Å². The number of hydrogen-bond donors (Lipinski definition) is 2. The molecule has 2 aromatic carbocycles. The summed E-state index contributed by atoms with van der Waals surface area (Å²) < 4.78 is 24.9. The Morgan fingerprint density at radius 1 is 0.690 bits per heavy atom. The molecule has 0 bridgehead atoms. The van der Waals surface area contributed by atoms with Gasteiger partial charge in [-0.05, 0) is 73.0 Å². The van der Waals surface area contributed by atoms with Gasteiger partial charge in [0.15, 0.2) is 0 Å². The molecule has 0 heterocycles. The normalized spacial score (nSPS) is 13.0. The summed E-state index contributed by atoms with van der Waals surface area (Å²) in [6.45, 7) is 4.19. The van der Waals surface area contributed by atoms with Crippen LogP contribution < -0.4 is 0 Å². The summed E-state index contributed by atoms with van der Waals surface area (Å²) in [5.74, 6) is 2.98. The van der Waals surface area contributed by atoms with Crippen LogP contribution in [0.4, 0.5) is 0 Å². The molecule has 3 nitrogen and oxygen atoms in total. The van der Waals surface area contributed by atoms with E-state index in [0.717, 1.165) is 59.6 Å². The van der Waals surface area contributed by atoms with Crippen LogP contribution in [0.3, 0.4) is 0 Å². The van der Waals surface area contributed by atoms with Crippen molar-refractivity contribution in [1.29, 1.82) is 0 Å². The number of ether oxygens (including phenoxy) is 1. The lowest BCUT2D eigenvalue weighted by atomic mass is 10.0. The minimum Gasteiger partial charge on any atom is -0.466 e. The Morgan fingerprint density at radius 2 is 1.07 bits per heavy atom. The maximum Gasteiger partial charge on any atom is 0.104 e. The van der Waals surface area contributed by atoms with Gasteiger partial charge in [0.25, 0.3) is 0 Å². The quantitative estimate of drug-likeness (QED) is 0.275. The van der Waals surface area contributed by atoms with Crippen LogP contribution in [0.2, 0.25) is 0 Å². The molecular formula is C24H30O3S2. The van der Waals surface area contributed by atoms with E-state index in [2.05, 4.69) is 38.1 Å².